The highest BCUT2D eigenvalue weighted by Gasteiger charge is 2.30. The van der Waals surface area contributed by atoms with Crippen molar-refractivity contribution in [3.8, 4) is 11.5 Å². The molecule has 9 heteroatoms. The molecular formula is C19H14F3N3O3. The summed E-state index contributed by atoms with van der Waals surface area (Å²) in [6.07, 6.45) is -4.52. The van der Waals surface area contributed by atoms with Crippen LogP contribution in [0, 0.1) is 0 Å². The predicted molar refractivity (Wildman–Crippen MR) is 91.2 cm³/mol. The van der Waals surface area contributed by atoms with E-state index in [2.05, 4.69) is 15.5 Å². The summed E-state index contributed by atoms with van der Waals surface area (Å²) in [7, 11) is 0. The number of halogens is 3. The molecule has 0 radical (unpaired) electrons. The number of ether oxygens (including phenoxy) is 1. The highest BCUT2D eigenvalue weighted by Crippen LogP contribution is 2.30. The van der Waals surface area contributed by atoms with Gasteiger partial charge in [-0.15, -0.1) is 10.2 Å². The third-order valence-corrected chi connectivity index (χ3v) is 4.34. The number of carbonyl (C=O) groups is 1. The van der Waals surface area contributed by atoms with Crippen LogP contribution in [0.1, 0.15) is 28.6 Å². The van der Waals surface area contributed by atoms with E-state index < -0.39 is 23.9 Å². The van der Waals surface area contributed by atoms with Crippen molar-refractivity contribution in [2.24, 2.45) is 0 Å². The van der Waals surface area contributed by atoms with Gasteiger partial charge in [-0.1, -0.05) is 30.3 Å². The van der Waals surface area contributed by atoms with Gasteiger partial charge < -0.3 is 14.5 Å². The Labute approximate surface area is 157 Å². The molecule has 1 aliphatic rings. The maximum Gasteiger partial charge on any atom is 0.416 e. The molecule has 1 amide bonds. The Kier molecular flexibility index (Phi) is 4.50. The molecule has 28 heavy (non-hydrogen) atoms. The summed E-state index contributed by atoms with van der Waals surface area (Å²) in [5.74, 6) is 0.490. The average molecular weight is 389 g/mol. The fourth-order valence-corrected chi connectivity index (χ4v) is 2.92. The third kappa shape index (κ3) is 3.68. The number of carbonyl (C=O) groups excluding carboxylic acids is 1. The number of cyclic esters (lactones) is 1. The van der Waals surface area contributed by atoms with Gasteiger partial charge in [-0.3, -0.25) is 0 Å². The second kappa shape index (κ2) is 6.99. The fraction of sp³-hybridized carbons (Fsp3) is 0.211. The van der Waals surface area contributed by atoms with E-state index in [-0.39, 0.29) is 18.4 Å². The minimum absolute atomic E-state index is 0.105. The topological polar surface area (TPSA) is 77.3 Å². The molecule has 0 unspecified atom stereocenters. The molecule has 2 aromatic carbocycles. The van der Waals surface area contributed by atoms with E-state index in [1.807, 2.05) is 12.1 Å². The number of alkyl halides is 3. The van der Waals surface area contributed by atoms with E-state index in [0.717, 1.165) is 23.3 Å². The van der Waals surface area contributed by atoms with Crippen LogP contribution in [0.3, 0.4) is 0 Å². The zero-order valence-corrected chi connectivity index (χ0v) is 14.4. The number of nitrogens with zero attached hydrogens (tertiary/aromatic N) is 2. The first-order valence-corrected chi connectivity index (χ1v) is 8.41. The molecule has 0 saturated carbocycles. The van der Waals surface area contributed by atoms with Crippen LogP contribution in [-0.2, 0) is 17.3 Å². The maximum absolute atomic E-state index is 12.7. The van der Waals surface area contributed by atoms with Crippen LogP contribution in [0.4, 0.5) is 18.0 Å². The molecule has 1 fully saturated rings. The molecule has 1 aromatic heterocycles. The van der Waals surface area contributed by atoms with Crippen LogP contribution in [0.2, 0.25) is 0 Å². The summed E-state index contributed by atoms with van der Waals surface area (Å²) in [4.78, 5) is 11.2. The average Bonchev–Trinajstić information content (AvgIpc) is 3.31. The van der Waals surface area contributed by atoms with Crippen molar-refractivity contribution in [2.75, 3.05) is 6.61 Å². The Morgan fingerprint density at radius 2 is 1.82 bits per heavy atom. The molecule has 1 saturated heterocycles. The van der Waals surface area contributed by atoms with Gasteiger partial charge in [-0.2, -0.15) is 13.2 Å². The number of amides is 1. The van der Waals surface area contributed by atoms with Crippen LogP contribution >= 0.6 is 0 Å². The second-order valence-corrected chi connectivity index (χ2v) is 6.27. The summed E-state index contributed by atoms with van der Waals surface area (Å²) in [5.41, 5.74) is 1.53. The molecule has 3 aromatic rings. The normalized spacial score (nSPS) is 16.7. The van der Waals surface area contributed by atoms with Gasteiger partial charge in [-0.05, 0) is 35.7 Å². The van der Waals surface area contributed by atoms with Crippen LogP contribution < -0.4 is 5.32 Å². The lowest BCUT2D eigenvalue weighted by Gasteiger charge is -2.09. The van der Waals surface area contributed by atoms with Crippen molar-refractivity contribution in [1.29, 1.82) is 0 Å². The molecule has 1 aliphatic heterocycles. The lowest BCUT2D eigenvalue weighted by atomic mass is 9.99. The number of aromatic nitrogens is 2. The summed E-state index contributed by atoms with van der Waals surface area (Å²) in [6, 6.07) is 11.8. The van der Waals surface area contributed by atoms with Gasteiger partial charge >= 0.3 is 12.3 Å². The molecular weight excluding hydrogens is 375 g/mol. The molecule has 0 aliphatic carbocycles. The van der Waals surface area contributed by atoms with E-state index >= 15 is 0 Å². The van der Waals surface area contributed by atoms with Crippen molar-refractivity contribution in [3.05, 3.63) is 71.1 Å². The van der Waals surface area contributed by atoms with Gasteiger partial charge in [0, 0.05) is 5.56 Å². The number of hydrogen-bond donors (Lipinski definition) is 1. The van der Waals surface area contributed by atoms with Crippen molar-refractivity contribution in [3.63, 3.8) is 0 Å². The monoisotopic (exact) mass is 389 g/mol. The van der Waals surface area contributed by atoms with Crippen molar-refractivity contribution < 1.29 is 27.1 Å². The minimum atomic E-state index is -4.37. The molecule has 2 heterocycles. The van der Waals surface area contributed by atoms with Crippen LogP contribution in [-0.4, -0.2) is 22.9 Å². The predicted octanol–water partition coefficient (Wildman–Crippen LogP) is 4.13. The molecule has 1 N–H and O–H groups in total. The van der Waals surface area contributed by atoms with Gasteiger partial charge in [0.15, 0.2) is 0 Å². The lowest BCUT2D eigenvalue weighted by Crippen LogP contribution is -2.18. The minimum Gasteiger partial charge on any atom is -0.447 e. The summed E-state index contributed by atoms with van der Waals surface area (Å²) in [6.45, 7) is 0.105. The van der Waals surface area contributed by atoms with Crippen molar-refractivity contribution in [1.82, 2.24) is 15.5 Å². The Balaban J connectivity index is 1.58. The van der Waals surface area contributed by atoms with Crippen molar-refractivity contribution >= 4 is 6.09 Å². The second-order valence-electron chi connectivity index (χ2n) is 6.27. The number of alkyl carbamates (subject to hydrolysis) is 1. The van der Waals surface area contributed by atoms with Crippen molar-refractivity contribution in [2.45, 2.75) is 18.6 Å². The first-order valence-electron chi connectivity index (χ1n) is 8.41. The molecule has 0 bridgehead atoms. The maximum atomic E-state index is 12.7. The van der Waals surface area contributed by atoms with Crippen LogP contribution in [0.15, 0.2) is 52.9 Å². The number of hydrogen-bond acceptors (Lipinski definition) is 5. The Hall–Kier alpha value is -3.36. The van der Waals surface area contributed by atoms with E-state index in [1.54, 1.807) is 12.1 Å². The van der Waals surface area contributed by atoms with E-state index in [1.165, 1.54) is 12.1 Å². The van der Waals surface area contributed by atoms with Gasteiger partial charge in [0.05, 0.1) is 5.56 Å². The Morgan fingerprint density at radius 3 is 2.50 bits per heavy atom. The summed E-state index contributed by atoms with van der Waals surface area (Å²) < 4.78 is 48.7. The molecule has 1 atom stereocenters. The standard InChI is InChI=1S/C19H14F3N3O3/c20-19(21,22)13-7-5-11(6-8-13)9-12-3-1-2-4-14(12)16-24-25-17(28-16)15-10-27-18(26)23-15/h1-8,15H,9-10H2,(H,23,26)/t15-/m0/s1. The van der Waals surface area contributed by atoms with E-state index in [9.17, 15) is 18.0 Å². The zero-order chi connectivity index (χ0) is 19.7. The molecule has 0 spiro atoms. The fourth-order valence-electron chi connectivity index (χ4n) is 2.92. The van der Waals surface area contributed by atoms with Crippen LogP contribution in [0.25, 0.3) is 11.5 Å². The highest BCUT2D eigenvalue weighted by molar-refractivity contribution is 5.69. The molecule has 6 nitrogen and oxygen atoms in total. The molecule has 144 valence electrons. The van der Waals surface area contributed by atoms with Gasteiger partial charge in [0.25, 0.3) is 0 Å². The SMILES string of the molecule is O=C1N[C@H](c2nnc(-c3ccccc3Cc3ccc(C(F)(F)F)cc3)o2)CO1. The zero-order valence-electron chi connectivity index (χ0n) is 14.4. The third-order valence-electron chi connectivity index (χ3n) is 4.34. The van der Waals surface area contributed by atoms with E-state index in [0.29, 0.717) is 12.0 Å². The highest BCUT2D eigenvalue weighted by atomic mass is 19.4. The number of rotatable bonds is 4. The smallest absolute Gasteiger partial charge is 0.416 e. The summed E-state index contributed by atoms with van der Waals surface area (Å²) >= 11 is 0. The largest absolute Gasteiger partial charge is 0.447 e. The van der Waals surface area contributed by atoms with Gasteiger partial charge in [-0.25, -0.2) is 4.79 Å². The molecule has 4 rings (SSSR count). The Morgan fingerprint density at radius 1 is 1.07 bits per heavy atom. The number of benzene rings is 2. The lowest BCUT2D eigenvalue weighted by molar-refractivity contribution is -0.137. The first-order chi connectivity index (χ1) is 13.4. The van der Waals surface area contributed by atoms with Gasteiger partial charge in [0.2, 0.25) is 11.8 Å². The van der Waals surface area contributed by atoms with Gasteiger partial charge in [0.1, 0.15) is 12.6 Å². The first kappa shape index (κ1) is 18.0. The summed E-state index contributed by atoms with van der Waals surface area (Å²) in [5, 5.41) is 10.5. The van der Waals surface area contributed by atoms with Crippen LogP contribution in [0.5, 0.6) is 0 Å². The quantitative estimate of drug-likeness (QED) is 0.726. The number of nitrogens with one attached hydrogen (secondary N) is 1. The Bertz CT molecular complexity index is 999. The van der Waals surface area contributed by atoms with E-state index in [4.69, 9.17) is 9.15 Å².